The number of amides is 1. The summed E-state index contributed by atoms with van der Waals surface area (Å²) in [4.78, 5) is 14.4. The molecule has 20 heavy (non-hydrogen) atoms. The molecule has 4 nitrogen and oxygen atoms in total. The summed E-state index contributed by atoms with van der Waals surface area (Å²) in [6, 6.07) is 5.79. The Bertz CT molecular complexity index is 466. The molecule has 0 spiro atoms. The highest BCUT2D eigenvalue weighted by Gasteiger charge is 2.19. The quantitative estimate of drug-likeness (QED) is 0.917. The third kappa shape index (κ3) is 3.31. The van der Waals surface area contributed by atoms with E-state index < -0.39 is 0 Å². The van der Waals surface area contributed by atoms with Gasteiger partial charge in [0, 0.05) is 31.7 Å². The lowest BCUT2D eigenvalue weighted by atomic mass is 9.99. The van der Waals surface area contributed by atoms with E-state index in [-0.39, 0.29) is 5.91 Å². The van der Waals surface area contributed by atoms with Crippen molar-refractivity contribution in [3.8, 4) is 5.75 Å². The van der Waals surface area contributed by atoms with Crippen LogP contribution in [0.4, 0.5) is 0 Å². The largest absolute Gasteiger partial charge is 0.494 e. The van der Waals surface area contributed by atoms with E-state index in [1.54, 1.807) is 0 Å². The fourth-order valence-corrected chi connectivity index (χ4v) is 2.47. The first-order valence-electron chi connectivity index (χ1n) is 7.40. The zero-order valence-corrected chi connectivity index (χ0v) is 12.6. The Balaban J connectivity index is 2.23. The first kappa shape index (κ1) is 14.9. The number of hydrogen-bond donors (Lipinski definition) is 1. The van der Waals surface area contributed by atoms with Crippen molar-refractivity contribution in [2.45, 2.75) is 26.7 Å². The molecule has 0 aliphatic carbocycles. The SMILES string of the molecule is CCOc1ccc(C(=O)N2CCNCC2)cc1C(C)C. The number of ether oxygens (including phenoxy) is 1. The average molecular weight is 276 g/mol. The van der Waals surface area contributed by atoms with E-state index in [0.717, 1.165) is 43.1 Å². The van der Waals surface area contributed by atoms with Crippen molar-refractivity contribution >= 4 is 5.91 Å². The van der Waals surface area contributed by atoms with E-state index in [2.05, 4.69) is 19.2 Å². The van der Waals surface area contributed by atoms with Gasteiger partial charge in [0.2, 0.25) is 0 Å². The maximum Gasteiger partial charge on any atom is 0.253 e. The minimum atomic E-state index is 0.122. The zero-order valence-electron chi connectivity index (χ0n) is 12.6. The molecule has 110 valence electrons. The summed E-state index contributed by atoms with van der Waals surface area (Å²) in [5.41, 5.74) is 1.87. The monoisotopic (exact) mass is 276 g/mol. The van der Waals surface area contributed by atoms with Gasteiger partial charge in [-0.15, -0.1) is 0 Å². The maximum absolute atomic E-state index is 12.5. The second-order valence-electron chi connectivity index (χ2n) is 5.38. The molecule has 2 rings (SSSR count). The fourth-order valence-electron chi connectivity index (χ4n) is 2.47. The standard InChI is InChI=1S/C16H24N2O2/c1-4-20-15-6-5-13(11-14(15)12(2)3)16(19)18-9-7-17-8-10-18/h5-6,11-12,17H,4,7-10H2,1-3H3. The van der Waals surface area contributed by atoms with Crippen LogP contribution in [0.15, 0.2) is 18.2 Å². The van der Waals surface area contributed by atoms with E-state index in [0.29, 0.717) is 12.5 Å². The number of nitrogens with zero attached hydrogens (tertiary/aromatic N) is 1. The number of carbonyl (C=O) groups is 1. The molecule has 0 radical (unpaired) electrons. The lowest BCUT2D eigenvalue weighted by molar-refractivity contribution is 0.0735. The molecule has 1 aliphatic rings. The molecular weight excluding hydrogens is 252 g/mol. The van der Waals surface area contributed by atoms with Crippen molar-refractivity contribution < 1.29 is 9.53 Å². The van der Waals surface area contributed by atoms with Crippen molar-refractivity contribution in [1.82, 2.24) is 10.2 Å². The van der Waals surface area contributed by atoms with Crippen LogP contribution < -0.4 is 10.1 Å². The van der Waals surface area contributed by atoms with E-state index in [1.165, 1.54) is 0 Å². The Hall–Kier alpha value is -1.55. The van der Waals surface area contributed by atoms with Crippen molar-refractivity contribution in [3.63, 3.8) is 0 Å². The predicted octanol–water partition coefficient (Wildman–Crippen LogP) is 2.25. The molecule has 0 atom stereocenters. The molecule has 4 heteroatoms. The Morgan fingerprint density at radius 2 is 2.05 bits per heavy atom. The van der Waals surface area contributed by atoms with Crippen molar-refractivity contribution in [2.24, 2.45) is 0 Å². The molecule has 0 aromatic heterocycles. The summed E-state index contributed by atoms with van der Waals surface area (Å²) in [7, 11) is 0. The van der Waals surface area contributed by atoms with Crippen LogP contribution in [-0.4, -0.2) is 43.6 Å². The molecule has 0 saturated carbocycles. The van der Waals surface area contributed by atoms with Gasteiger partial charge in [-0.25, -0.2) is 0 Å². The maximum atomic E-state index is 12.5. The van der Waals surface area contributed by atoms with Gasteiger partial charge in [0.15, 0.2) is 0 Å². The molecule has 1 heterocycles. The van der Waals surface area contributed by atoms with E-state index >= 15 is 0 Å². The Kier molecular flexibility index (Phi) is 5.01. The van der Waals surface area contributed by atoms with E-state index in [9.17, 15) is 4.79 Å². The highest BCUT2D eigenvalue weighted by molar-refractivity contribution is 5.94. The van der Waals surface area contributed by atoms with Crippen molar-refractivity contribution in [1.29, 1.82) is 0 Å². The van der Waals surface area contributed by atoms with Crippen LogP contribution in [0, 0.1) is 0 Å². The number of piperazine rings is 1. The van der Waals surface area contributed by atoms with Gasteiger partial charge in [0.05, 0.1) is 6.61 Å². The number of hydrogen-bond acceptors (Lipinski definition) is 3. The molecule has 1 aliphatic heterocycles. The first-order chi connectivity index (χ1) is 9.63. The number of rotatable bonds is 4. The van der Waals surface area contributed by atoms with Crippen LogP contribution in [-0.2, 0) is 0 Å². The Labute approximate surface area is 121 Å². The summed E-state index contributed by atoms with van der Waals surface area (Å²) in [6.07, 6.45) is 0. The Morgan fingerprint density at radius 3 is 2.65 bits per heavy atom. The second-order valence-corrected chi connectivity index (χ2v) is 5.38. The number of carbonyl (C=O) groups excluding carboxylic acids is 1. The minimum absolute atomic E-state index is 0.122. The van der Waals surface area contributed by atoms with Gasteiger partial charge < -0.3 is 15.0 Å². The lowest BCUT2D eigenvalue weighted by Gasteiger charge is -2.28. The van der Waals surface area contributed by atoms with Crippen LogP contribution in [0.1, 0.15) is 42.6 Å². The van der Waals surface area contributed by atoms with Gasteiger partial charge in [-0.3, -0.25) is 4.79 Å². The number of benzene rings is 1. The Morgan fingerprint density at radius 1 is 1.35 bits per heavy atom. The van der Waals surface area contributed by atoms with Crippen LogP contribution in [0.3, 0.4) is 0 Å². The fraction of sp³-hybridized carbons (Fsp3) is 0.562. The average Bonchev–Trinajstić information content (AvgIpc) is 2.48. The summed E-state index contributed by atoms with van der Waals surface area (Å²) < 4.78 is 5.64. The lowest BCUT2D eigenvalue weighted by Crippen LogP contribution is -2.46. The van der Waals surface area contributed by atoms with Gasteiger partial charge >= 0.3 is 0 Å². The summed E-state index contributed by atoms with van der Waals surface area (Å²) >= 11 is 0. The van der Waals surface area contributed by atoms with Crippen LogP contribution in [0.25, 0.3) is 0 Å². The molecule has 1 N–H and O–H groups in total. The summed E-state index contributed by atoms with van der Waals surface area (Å²) in [5.74, 6) is 1.35. The van der Waals surface area contributed by atoms with Gasteiger partial charge in [-0.2, -0.15) is 0 Å². The van der Waals surface area contributed by atoms with Gasteiger partial charge in [-0.05, 0) is 36.6 Å². The topological polar surface area (TPSA) is 41.6 Å². The first-order valence-corrected chi connectivity index (χ1v) is 7.40. The third-order valence-electron chi connectivity index (χ3n) is 3.58. The predicted molar refractivity (Wildman–Crippen MR) is 80.5 cm³/mol. The summed E-state index contributed by atoms with van der Waals surface area (Å²) in [5, 5.41) is 3.26. The normalized spacial score (nSPS) is 15.5. The van der Waals surface area contributed by atoms with Crippen LogP contribution in [0.2, 0.25) is 0 Å². The smallest absolute Gasteiger partial charge is 0.253 e. The van der Waals surface area contributed by atoms with Crippen LogP contribution >= 0.6 is 0 Å². The minimum Gasteiger partial charge on any atom is -0.494 e. The molecule has 0 bridgehead atoms. The van der Waals surface area contributed by atoms with Crippen molar-refractivity contribution in [2.75, 3.05) is 32.8 Å². The molecule has 1 fully saturated rings. The second kappa shape index (κ2) is 6.75. The van der Waals surface area contributed by atoms with E-state index in [4.69, 9.17) is 4.74 Å². The van der Waals surface area contributed by atoms with Crippen molar-refractivity contribution in [3.05, 3.63) is 29.3 Å². The molecule has 1 aromatic carbocycles. The molecule has 1 saturated heterocycles. The van der Waals surface area contributed by atoms with Gasteiger partial charge in [-0.1, -0.05) is 13.8 Å². The molecular formula is C16H24N2O2. The third-order valence-corrected chi connectivity index (χ3v) is 3.58. The zero-order chi connectivity index (χ0) is 14.5. The molecule has 1 amide bonds. The van der Waals surface area contributed by atoms with Gasteiger partial charge in [0.1, 0.15) is 5.75 Å². The summed E-state index contributed by atoms with van der Waals surface area (Å²) in [6.45, 7) is 10.2. The van der Waals surface area contributed by atoms with Crippen LogP contribution in [0.5, 0.6) is 5.75 Å². The highest BCUT2D eigenvalue weighted by atomic mass is 16.5. The van der Waals surface area contributed by atoms with E-state index in [1.807, 2.05) is 30.0 Å². The van der Waals surface area contributed by atoms with Gasteiger partial charge in [0.25, 0.3) is 5.91 Å². The number of nitrogens with one attached hydrogen (secondary N) is 1. The molecule has 0 unspecified atom stereocenters. The highest BCUT2D eigenvalue weighted by Crippen LogP contribution is 2.28. The molecule has 1 aromatic rings.